The van der Waals surface area contributed by atoms with Gasteiger partial charge in [0.25, 0.3) is 0 Å². The first kappa shape index (κ1) is 13.9. The summed E-state index contributed by atoms with van der Waals surface area (Å²) in [7, 11) is 0. The lowest BCUT2D eigenvalue weighted by molar-refractivity contribution is 0.196. The third kappa shape index (κ3) is 4.56. The summed E-state index contributed by atoms with van der Waals surface area (Å²) < 4.78 is 0. The normalized spacial score (nSPS) is 17.3. The molecule has 1 heterocycles. The second-order valence-electron chi connectivity index (χ2n) is 5.36. The highest BCUT2D eigenvalue weighted by Gasteiger charge is 2.19. The Kier molecular flexibility index (Phi) is 4.80. The number of hydrogen-bond acceptors (Lipinski definition) is 2. The maximum Gasteiger partial charge on any atom is 0.312 e. The van der Waals surface area contributed by atoms with Gasteiger partial charge in [0.1, 0.15) is 0 Å². The summed E-state index contributed by atoms with van der Waals surface area (Å²) >= 11 is 0. The quantitative estimate of drug-likeness (QED) is 0.866. The third-order valence-corrected chi connectivity index (χ3v) is 3.77. The van der Waals surface area contributed by atoms with Gasteiger partial charge < -0.3 is 16.0 Å². The lowest BCUT2D eigenvalue weighted by atomic mass is 10.0. The second-order valence-corrected chi connectivity index (χ2v) is 5.36. The number of primary amides is 1. The number of nitrogens with one attached hydrogen (secondary N) is 1. The van der Waals surface area contributed by atoms with Crippen molar-refractivity contribution in [2.24, 2.45) is 5.73 Å². The first-order valence-corrected chi connectivity index (χ1v) is 6.97. The Labute approximate surface area is 115 Å². The van der Waals surface area contributed by atoms with Gasteiger partial charge in [0.05, 0.1) is 0 Å². The molecule has 0 saturated carbocycles. The fourth-order valence-electron chi connectivity index (χ4n) is 2.54. The van der Waals surface area contributed by atoms with E-state index in [4.69, 9.17) is 5.73 Å². The first-order chi connectivity index (χ1) is 9.13. The Hall–Kier alpha value is -1.55. The summed E-state index contributed by atoms with van der Waals surface area (Å²) in [6.45, 7) is 5.28. The van der Waals surface area contributed by atoms with E-state index in [1.807, 2.05) is 0 Å². The molecule has 1 aliphatic heterocycles. The van der Waals surface area contributed by atoms with Crippen LogP contribution < -0.4 is 11.1 Å². The average molecular weight is 261 g/mol. The third-order valence-electron chi connectivity index (χ3n) is 3.77. The van der Waals surface area contributed by atoms with Crippen LogP contribution >= 0.6 is 0 Å². The fraction of sp³-hybridized carbons (Fsp3) is 0.533. The predicted octanol–water partition coefficient (Wildman–Crippen LogP) is 1.67. The van der Waals surface area contributed by atoms with Crippen molar-refractivity contribution in [3.8, 4) is 0 Å². The topological polar surface area (TPSA) is 58.4 Å². The van der Waals surface area contributed by atoms with Crippen molar-refractivity contribution in [2.75, 3.05) is 19.6 Å². The zero-order chi connectivity index (χ0) is 13.7. The summed E-state index contributed by atoms with van der Waals surface area (Å²) in [5.74, 6) is 0. The van der Waals surface area contributed by atoms with Crippen LogP contribution in [0.3, 0.4) is 0 Å². The molecular weight excluding hydrogens is 238 g/mol. The maximum absolute atomic E-state index is 10.8. The van der Waals surface area contributed by atoms with Gasteiger partial charge in [-0.05, 0) is 31.7 Å². The van der Waals surface area contributed by atoms with E-state index in [0.717, 1.165) is 38.9 Å². The van der Waals surface area contributed by atoms with Crippen molar-refractivity contribution in [1.82, 2.24) is 10.2 Å². The largest absolute Gasteiger partial charge is 0.352 e. The molecule has 1 aliphatic rings. The van der Waals surface area contributed by atoms with E-state index in [1.54, 1.807) is 0 Å². The molecule has 1 fully saturated rings. The number of amides is 2. The highest BCUT2D eigenvalue weighted by atomic mass is 16.2. The molecule has 2 rings (SSSR count). The molecule has 0 aliphatic carbocycles. The van der Waals surface area contributed by atoms with Gasteiger partial charge in [0, 0.05) is 25.7 Å². The van der Waals surface area contributed by atoms with Gasteiger partial charge in [-0.2, -0.15) is 0 Å². The average Bonchev–Trinajstić information content (AvgIpc) is 2.39. The number of carbonyl (C=O) groups is 1. The predicted molar refractivity (Wildman–Crippen MR) is 77.1 cm³/mol. The van der Waals surface area contributed by atoms with Gasteiger partial charge in [-0.15, -0.1) is 0 Å². The maximum atomic E-state index is 10.8. The van der Waals surface area contributed by atoms with Crippen molar-refractivity contribution in [3.05, 3.63) is 35.4 Å². The summed E-state index contributed by atoms with van der Waals surface area (Å²) in [4.78, 5) is 13.2. The van der Waals surface area contributed by atoms with Crippen molar-refractivity contribution in [2.45, 2.75) is 32.2 Å². The summed E-state index contributed by atoms with van der Waals surface area (Å²) in [5, 5.41) is 2.79. The van der Waals surface area contributed by atoms with E-state index in [2.05, 4.69) is 41.4 Å². The van der Waals surface area contributed by atoms with Crippen LogP contribution in [-0.4, -0.2) is 36.6 Å². The molecule has 4 heteroatoms. The molecule has 0 aromatic heterocycles. The van der Waals surface area contributed by atoms with Crippen LogP contribution in [0.15, 0.2) is 24.3 Å². The highest BCUT2D eigenvalue weighted by Crippen LogP contribution is 2.11. The van der Waals surface area contributed by atoms with Crippen LogP contribution in [-0.2, 0) is 6.42 Å². The molecule has 1 aromatic rings. The van der Waals surface area contributed by atoms with Gasteiger partial charge in [0.2, 0.25) is 0 Å². The van der Waals surface area contributed by atoms with Crippen molar-refractivity contribution < 1.29 is 4.79 Å². The number of urea groups is 1. The van der Waals surface area contributed by atoms with Crippen LogP contribution in [0.2, 0.25) is 0 Å². The monoisotopic (exact) mass is 261 g/mol. The number of carbonyl (C=O) groups excluding carboxylic acids is 1. The minimum atomic E-state index is -0.405. The van der Waals surface area contributed by atoms with Crippen LogP contribution in [0, 0.1) is 6.92 Å². The number of aryl methyl sites for hydroxylation is 1. The molecule has 0 radical (unpaired) electrons. The van der Waals surface area contributed by atoms with E-state index < -0.39 is 6.03 Å². The first-order valence-electron chi connectivity index (χ1n) is 6.97. The molecule has 0 bridgehead atoms. The fourth-order valence-corrected chi connectivity index (χ4v) is 2.54. The second kappa shape index (κ2) is 6.57. The molecule has 1 saturated heterocycles. The molecular formula is C15H23N3O. The van der Waals surface area contributed by atoms with Crippen molar-refractivity contribution in [1.29, 1.82) is 0 Å². The zero-order valence-electron chi connectivity index (χ0n) is 11.6. The van der Waals surface area contributed by atoms with Crippen LogP contribution in [0.5, 0.6) is 0 Å². The number of likely N-dealkylation sites (tertiary alicyclic amines) is 1. The molecule has 3 N–H and O–H groups in total. The summed E-state index contributed by atoms with van der Waals surface area (Å²) in [5.41, 5.74) is 7.84. The van der Waals surface area contributed by atoms with Gasteiger partial charge in [-0.1, -0.05) is 29.8 Å². The van der Waals surface area contributed by atoms with Crippen LogP contribution in [0.25, 0.3) is 0 Å². The van der Waals surface area contributed by atoms with Crippen LogP contribution in [0.1, 0.15) is 24.0 Å². The Bertz CT molecular complexity index is 408. The van der Waals surface area contributed by atoms with Gasteiger partial charge in [-0.25, -0.2) is 4.79 Å². The standard InChI is InChI=1S/C15H23N3O/c1-12-2-4-13(5-3-12)6-9-18-10-7-14(8-11-18)17-15(16)19/h2-5,14H,6-11H2,1H3,(H3,16,17,19). The smallest absolute Gasteiger partial charge is 0.312 e. The van der Waals surface area contributed by atoms with E-state index in [0.29, 0.717) is 0 Å². The van der Waals surface area contributed by atoms with E-state index in [-0.39, 0.29) is 6.04 Å². The number of benzene rings is 1. The SMILES string of the molecule is Cc1ccc(CCN2CCC(NC(N)=O)CC2)cc1. The molecule has 1 aromatic carbocycles. The zero-order valence-corrected chi connectivity index (χ0v) is 11.6. The van der Waals surface area contributed by atoms with Crippen molar-refractivity contribution in [3.63, 3.8) is 0 Å². The molecule has 0 unspecified atom stereocenters. The lowest BCUT2D eigenvalue weighted by Gasteiger charge is -2.31. The van der Waals surface area contributed by atoms with Crippen LogP contribution in [0.4, 0.5) is 4.79 Å². The lowest BCUT2D eigenvalue weighted by Crippen LogP contribution is -2.46. The summed E-state index contributed by atoms with van der Waals surface area (Å²) in [6, 6.07) is 8.59. The molecule has 104 valence electrons. The van der Waals surface area contributed by atoms with E-state index in [1.165, 1.54) is 11.1 Å². The highest BCUT2D eigenvalue weighted by molar-refractivity contribution is 5.71. The molecule has 19 heavy (non-hydrogen) atoms. The minimum absolute atomic E-state index is 0.258. The molecule has 0 atom stereocenters. The Balaban J connectivity index is 1.71. The molecule has 0 spiro atoms. The molecule has 2 amide bonds. The Morgan fingerprint density at radius 3 is 2.53 bits per heavy atom. The Morgan fingerprint density at radius 1 is 1.32 bits per heavy atom. The number of nitrogens with two attached hydrogens (primary N) is 1. The number of piperidine rings is 1. The van der Waals surface area contributed by atoms with E-state index >= 15 is 0 Å². The van der Waals surface area contributed by atoms with Gasteiger partial charge >= 0.3 is 6.03 Å². The van der Waals surface area contributed by atoms with E-state index in [9.17, 15) is 4.79 Å². The van der Waals surface area contributed by atoms with Crippen molar-refractivity contribution >= 4 is 6.03 Å². The van der Waals surface area contributed by atoms with Gasteiger partial charge in [-0.3, -0.25) is 0 Å². The van der Waals surface area contributed by atoms with Gasteiger partial charge in [0.15, 0.2) is 0 Å². The Morgan fingerprint density at radius 2 is 1.95 bits per heavy atom. The number of rotatable bonds is 4. The minimum Gasteiger partial charge on any atom is -0.352 e. The summed E-state index contributed by atoms with van der Waals surface area (Å²) in [6.07, 6.45) is 3.09. The molecule has 4 nitrogen and oxygen atoms in total. The number of nitrogens with zero attached hydrogens (tertiary/aromatic N) is 1. The number of hydrogen-bond donors (Lipinski definition) is 2.